The van der Waals surface area contributed by atoms with Crippen LogP contribution in [0.3, 0.4) is 0 Å². The lowest BCUT2D eigenvalue weighted by molar-refractivity contribution is 0.100. The van der Waals surface area contributed by atoms with E-state index in [4.69, 9.17) is 32.5 Å². The Hall–Kier alpha value is -2.51. The number of pyridine rings is 1. The number of hydrogen-bond donors (Lipinski definition) is 2. The van der Waals surface area contributed by atoms with Gasteiger partial charge in [-0.3, -0.25) is 4.79 Å². The minimum atomic E-state index is -0.601. The van der Waals surface area contributed by atoms with E-state index in [2.05, 4.69) is 4.98 Å². The van der Waals surface area contributed by atoms with Crippen molar-refractivity contribution in [1.29, 1.82) is 0 Å². The predicted octanol–water partition coefficient (Wildman–Crippen LogP) is 3.43. The number of primary amides is 1. The zero-order valence-electron chi connectivity index (χ0n) is 12.0. The Bertz CT molecular complexity index is 910. The summed E-state index contributed by atoms with van der Waals surface area (Å²) in [5.41, 5.74) is 11.6. The van der Waals surface area contributed by atoms with E-state index in [1.807, 2.05) is 0 Å². The maximum Gasteiger partial charge on any atom is 0.260 e. The number of benzene rings is 1. The number of nitrogens with two attached hydrogens (primary N) is 2. The van der Waals surface area contributed by atoms with Crippen LogP contribution >= 0.6 is 22.9 Å². The van der Waals surface area contributed by atoms with Gasteiger partial charge in [0.1, 0.15) is 27.0 Å². The van der Waals surface area contributed by atoms with Gasteiger partial charge in [-0.05, 0) is 18.2 Å². The number of thiophene rings is 1. The van der Waals surface area contributed by atoms with Gasteiger partial charge in [-0.1, -0.05) is 11.6 Å². The van der Waals surface area contributed by atoms with Gasteiger partial charge < -0.3 is 20.9 Å². The van der Waals surface area contributed by atoms with Crippen molar-refractivity contribution in [2.24, 2.45) is 5.73 Å². The van der Waals surface area contributed by atoms with Crippen LogP contribution in [0.25, 0.3) is 10.2 Å². The fourth-order valence-electron chi connectivity index (χ4n) is 2.09. The van der Waals surface area contributed by atoms with Crippen LogP contribution in [-0.2, 0) is 0 Å². The van der Waals surface area contributed by atoms with Gasteiger partial charge in [0.25, 0.3) is 5.91 Å². The number of amides is 1. The van der Waals surface area contributed by atoms with E-state index >= 15 is 0 Å². The Morgan fingerprint density at radius 3 is 2.78 bits per heavy atom. The van der Waals surface area contributed by atoms with Crippen molar-refractivity contribution in [1.82, 2.24) is 4.98 Å². The third kappa shape index (κ3) is 2.76. The van der Waals surface area contributed by atoms with Crippen LogP contribution < -0.4 is 20.9 Å². The van der Waals surface area contributed by atoms with E-state index < -0.39 is 5.91 Å². The molecule has 2 aromatic heterocycles. The molecule has 0 fully saturated rings. The number of carbonyl (C=O) groups is 1. The Balaban J connectivity index is 2.12. The Labute approximate surface area is 140 Å². The summed E-state index contributed by atoms with van der Waals surface area (Å²) in [5, 5.41) is 0.949. The van der Waals surface area contributed by atoms with Crippen molar-refractivity contribution < 1.29 is 14.3 Å². The minimum Gasteiger partial charge on any atom is -0.497 e. The average Bonchev–Trinajstić information content (AvgIpc) is 2.88. The number of ether oxygens (including phenoxy) is 2. The lowest BCUT2D eigenvalue weighted by atomic mass is 10.2. The molecular weight excluding hydrogens is 338 g/mol. The van der Waals surface area contributed by atoms with Crippen molar-refractivity contribution >= 4 is 44.7 Å². The number of carbonyl (C=O) groups excluding carboxylic acids is 1. The summed E-state index contributed by atoms with van der Waals surface area (Å²) in [6, 6.07) is 6.69. The molecule has 0 aliphatic carbocycles. The Morgan fingerprint density at radius 2 is 2.09 bits per heavy atom. The fourth-order valence-corrected chi connectivity index (χ4v) is 3.18. The number of rotatable bonds is 4. The zero-order chi connectivity index (χ0) is 16.6. The summed E-state index contributed by atoms with van der Waals surface area (Å²) in [6.45, 7) is 0. The summed E-state index contributed by atoms with van der Waals surface area (Å²) in [4.78, 5) is 16.5. The number of nitrogen functional groups attached to an aromatic ring is 1. The molecule has 6 nitrogen and oxygen atoms in total. The molecule has 118 valence electrons. The highest BCUT2D eigenvalue weighted by Gasteiger charge is 2.19. The summed E-state index contributed by atoms with van der Waals surface area (Å²) in [6.07, 6.45) is 1.56. The molecule has 0 aliphatic rings. The van der Waals surface area contributed by atoms with E-state index in [9.17, 15) is 4.79 Å². The van der Waals surface area contributed by atoms with Crippen molar-refractivity contribution in [3.8, 4) is 17.2 Å². The topological polar surface area (TPSA) is 100 Å². The van der Waals surface area contributed by atoms with Crippen LogP contribution in [0.1, 0.15) is 9.67 Å². The van der Waals surface area contributed by atoms with Crippen molar-refractivity contribution in [2.45, 2.75) is 0 Å². The molecule has 0 saturated heterocycles. The first kappa shape index (κ1) is 15.4. The number of aromatic nitrogens is 1. The lowest BCUT2D eigenvalue weighted by Gasteiger charge is -2.10. The van der Waals surface area contributed by atoms with Crippen LogP contribution in [-0.4, -0.2) is 18.0 Å². The molecule has 2 heterocycles. The molecule has 0 unspecified atom stereocenters. The SMILES string of the molecule is COc1ccc(Cl)c(Oc2ccnc3sc(C(N)=O)c(N)c23)c1. The highest BCUT2D eigenvalue weighted by molar-refractivity contribution is 7.21. The second-order valence-electron chi connectivity index (χ2n) is 4.60. The lowest BCUT2D eigenvalue weighted by Crippen LogP contribution is -2.10. The van der Waals surface area contributed by atoms with Crippen molar-refractivity contribution in [3.05, 3.63) is 40.4 Å². The Morgan fingerprint density at radius 1 is 1.30 bits per heavy atom. The molecule has 1 aromatic carbocycles. The van der Waals surface area contributed by atoms with Crippen LogP contribution in [0.2, 0.25) is 5.02 Å². The monoisotopic (exact) mass is 349 g/mol. The summed E-state index contributed by atoms with van der Waals surface area (Å²) in [5.74, 6) is 0.845. The smallest absolute Gasteiger partial charge is 0.260 e. The van der Waals surface area contributed by atoms with E-state index in [0.29, 0.717) is 32.5 Å². The van der Waals surface area contributed by atoms with Gasteiger partial charge in [-0.15, -0.1) is 11.3 Å². The molecular formula is C15H12ClN3O3S. The number of nitrogens with zero attached hydrogens (tertiary/aromatic N) is 1. The molecule has 0 atom stereocenters. The molecule has 0 spiro atoms. The molecule has 23 heavy (non-hydrogen) atoms. The van der Waals surface area contributed by atoms with Crippen LogP contribution in [0.15, 0.2) is 30.5 Å². The number of fused-ring (bicyclic) bond motifs is 1. The third-order valence-corrected chi connectivity index (χ3v) is 4.61. The quantitative estimate of drug-likeness (QED) is 0.751. The second-order valence-corrected chi connectivity index (χ2v) is 6.00. The highest BCUT2D eigenvalue weighted by Crippen LogP contribution is 2.41. The van der Waals surface area contributed by atoms with Gasteiger partial charge >= 0.3 is 0 Å². The van der Waals surface area contributed by atoms with E-state index in [0.717, 1.165) is 11.3 Å². The highest BCUT2D eigenvalue weighted by atomic mass is 35.5. The van der Waals surface area contributed by atoms with Gasteiger partial charge in [0.2, 0.25) is 0 Å². The van der Waals surface area contributed by atoms with Crippen molar-refractivity contribution in [2.75, 3.05) is 12.8 Å². The zero-order valence-corrected chi connectivity index (χ0v) is 13.6. The first-order chi connectivity index (χ1) is 11.0. The van der Waals surface area contributed by atoms with Gasteiger partial charge in [0, 0.05) is 12.3 Å². The van der Waals surface area contributed by atoms with Crippen molar-refractivity contribution in [3.63, 3.8) is 0 Å². The van der Waals surface area contributed by atoms with E-state index in [1.165, 1.54) is 0 Å². The number of hydrogen-bond acceptors (Lipinski definition) is 6. The second kappa shape index (κ2) is 5.94. The molecule has 0 bridgehead atoms. The van der Waals surface area contributed by atoms with E-state index in [1.54, 1.807) is 37.6 Å². The molecule has 8 heteroatoms. The van der Waals surface area contributed by atoms with Gasteiger partial charge in [-0.25, -0.2) is 4.98 Å². The summed E-state index contributed by atoms with van der Waals surface area (Å²) in [7, 11) is 1.55. The normalized spacial score (nSPS) is 10.7. The molecule has 0 saturated carbocycles. The average molecular weight is 350 g/mol. The molecule has 0 radical (unpaired) electrons. The number of anilines is 1. The van der Waals surface area contributed by atoms with Gasteiger partial charge in [0.05, 0.1) is 23.2 Å². The maximum atomic E-state index is 11.4. The van der Waals surface area contributed by atoms with Crippen LogP contribution in [0, 0.1) is 0 Å². The van der Waals surface area contributed by atoms with Gasteiger partial charge in [-0.2, -0.15) is 0 Å². The number of halogens is 1. The third-order valence-electron chi connectivity index (χ3n) is 3.17. The number of methoxy groups -OCH3 is 1. The standard InChI is InChI=1S/C15H12ClN3O3S/c1-21-7-2-3-8(16)10(6-7)22-9-4-5-19-15-11(9)12(17)13(23-15)14(18)20/h2-6H,17H2,1H3,(H2,18,20). The molecule has 3 rings (SSSR count). The maximum absolute atomic E-state index is 11.4. The Kier molecular flexibility index (Phi) is 3.97. The largest absolute Gasteiger partial charge is 0.497 e. The first-order valence-corrected chi connectivity index (χ1v) is 7.69. The summed E-state index contributed by atoms with van der Waals surface area (Å²) >= 11 is 7.27. The minimum absolute atomic E-state index is 0.250. The molecule has 4 N–H and O–H groups in total. The van der Waals surface area contributed by atoms with Crippen LogP contribution in [0.5, 0.6) is 17.2 Å². The molecule has 1 amide bonds. The predicted molar refractivity (Wildman–Crippen MR) is 90.6 cm³/mol. The fraction of sp³-hybridized carbons (Fsp3) is 0.0667. The molecule has 3 aromatic rings. The molecule has 0 aliphatic heterocycles. The summed E-state index contributed by atoms with van der Waals surface area (Å²) < 4.78 is 11.0. The van der Waals surface area contributed by atoms with E-state index in [-0.39, 0.29) is 10.6 Å². The first-order valence-electron chi connectivity index (χ1n) is 6.49. The van der Waals surface area contributed by atoms with Gasteiger partial charge in [0.15, 0.2) is 0 Å². The van der Waals surface area contributed by atoms with Crippen LogP contribution in [0.4, 0.5) is 5.69 Å².